The van der Waals surface area contributed by atoms with Crippen LogP contribution in [0.15, 0.2) is 54.6 Å². The molecule has 3 heterocycles. The molecule has 328 valence electrons. The second kappa shape index (κ2) is 39.6. The average molecular weight is 1300 g/mol. The third-order valence-electron chi connectivity index (χ3n) is 7.80. The molecule has 3 aliphatic rings. The van der Waals surface area contributed by atoms with Crippen molar-refractivity contribution in [2.24, 2.45) is 0 Å². The molecule has 6 rings (SSSR count). The van der Waals surface area contributed by atoms with Gasteiger partial charge >= 0.3 is 11.4 Å². The van der Waals surface area contributed by atoms with Crippen molar-refractivity contribution in [1.82, 2.24) is 15.1 Å². The molecule has 0 saturated carbocycles. The molecule has 4 N–H and O–H groups in total. The summed E-state index contributed by atoms with van der Waals surface area (Å²) in [6, 6.07) is 13.0. The summed E-state index contributed by atoms with van der Waals surface area (Å²) < 4.78 is 40.6. The number of benzene rings is 3. The number of hydrogen-bond donors (Lipinski definition) is 3. The molecule has 0 spiro atoms. The van der Waals surface area contributed by atoms with Gasteiger partial charge in [0.1, 0.15) is 5.82 Å². The van der Waals surface area contributed by atoms with Crippen LogP contribution in [0.5, 0.6) is 0 Å². The van der Waals surface area contributed by atoms with Crippen LogP contribution < -0.4 is 11.1 Å². The molecular formula is C38H55BrF3I3N6O5V2-2. The van der Waals surface area contributed by atoms with Crippen LogP contribution in [0.4, 0.5) is 30.2 Å². The van der Waals surface area contributed by atoms with E-state index in [2.05, 4.69) is 88.1 Å². The molecule has 0 atom stereocenters. The third-order valence-corrected chi connectivity index (χ3v) is 8.45. The number of nitro benzene ring substituents is 2. The van der Waals surface area contributed by atoms with E-state index in [4.69, 9.17) is 10.8 Å². The maximum Gasteiger partial charge on any atom is 0.304 e. The number of likely N-dealkylation sites (tertiary alicyclic amines) is 2. The van der Waals surface area contributed by atoms with Crippen LogP contribution in [0.1, 0.15) is 69.6 Å². The molecule has 0 amide bonds. The molecule has 20 heteroatoms. The summed E-state index contributed by atoms with van der Waals surface area (Å²) in [6.07, 6.45) is 7.65. The number of nitro groups is 2. The Morgan fingerprint density at radius 2 is 1.07 bits per heavy atom. The zero-order valence-electron chi connectivity index (χ0n) is 32.0. The summed E-state index contributed by atoms with van der Waals surface area (Å²) in [5.74, 6) is -1.85. The fourth-order valence-corrected chi connectivity index (χ4v) is 5.62. The van der Waals surface area contributed by atoms with E-state index in [-0.39, 0.29) is 56.0 Å². The van der Waals surface area contributed by atoms with E-state index in [1.165, 1.54) is 77.8 Å². The molecule has 3 aromatic rings. The van der Waals surface area contributed by atoms with Gasteiger partial charge in [-0.05, 0) is 119 Å². The molecule has 0 aromatic heterocycles. The number of halogens is 7. The molecule has 0 aliphatic carbocycles. The number of nitrogens with two attached hydrogens (primary N) is 1. The maximum atomic E-state index is 13.3. The van der Waals surface area contributed by atoms with Crippen LogP contribution in [-0.4, -0.2) is 71.1 Å². The molecule has 3 saturated heterocycles. The number of anilines is 1. The summed E-state index contributed by atoms with van der Waals surface area (Å²) in [5.41, 5.74) is 7.19. The first-order chi connectivity index (χ1) is 26.3. The predicted octanol–water partition coefficient (Wildman–Crippen LogP) is 11.2. The topological polar surface area (TPSA) is 151 Å². The Bertz CT molecular complexity index is 1520. The van der Waals surface area contributed by atoms with Crippen molar-refractivity contribution in [3.8, 4) is 0 Å². The molecule has 58 heavy (non-hydrogen) atoms. The zero-order chi connectivity index (χ0) is 41.8. The number of rotatable bonds is 7. The second-order valence-electron chi connectivity index (χ2n) is 11.9. The number of aliphatic hydroxyl groups excluding tert-OH is 1. The van der Waals surface area contributed by atoms with Gasteiger partial charge in [0.15, 0.2) is 0 Å². The summed E-state index contributed by atoms with van der Waals surface area (Å²) in [4.78, 5) is 26.9. The SMILES string of the molecule is C.C1CCNC1.CO.C[C-](I)I.Nc1ccc(CN2CCCC2)cc1F.O=[N+]([O-])c1ccc(CBr)cc1F.O=[N+]([O-])c1ccc(CN2CCCC2)cc1F.[CH2-]I.[V].[V]. The van der Waals surface area contributed by atoms with Crippen molar-refractivity contribution in [3.05, 3.63) is 116 Å². The summed E-state index contributed by atoms with van der Waals surface area (Å²) >= 11 is 9.51. The molecule has 3 aromatic carbocycles. The van der Waals surface area contributed by atoms with Gasteiger partial charge in [0.25, 0.3) is 0 Å². The first-order valence-electron chi connectivity index (χ1n) is 17.3. The minimum absolute atomic E-state index is 0. The van der Waals surface area contributed by atoms with E-state index >= 15 is 0 Å². The number of hydrogen-bond acceptors (Lipinski definition) is 9. The quantitative estimate of drug-likeness (QED) is 0.0524. The van der Waals surface area contributed by atoms with Crippen molar-refractivity contribution in [2.75, 3.05) is 52.1 Å². The predicted molar refractivity (Wildman–Crippen MR) is 252 cm³/mol. The Morgan fingerprint density at radius 1 is 0.741 bits per heavy atom. The number of nitrogen functional groups attached to an aromatic ring is 1. The summed E-state index contributed by atoms with van der Waals surface area (Å²) in [5, 5.41) is 31.3. The van der Waals surface area contributed by atoms with E-state index in [0.717, 1.165) is 63.1 Å². The first kappa shape index (κ1) is 64.4. The Morgan fingerprint density at radius 3 is 1.36 bits per heavy atom. The van der Waals surface area contributed by atoms with Crippen molar-refractivity contribution >= 4 is 101 Å². The normalized spacial score (nSPS) is 13.7. The van der Waals surface area contributed by atoms with Gasteiger partial charge < -0.3 is 83.9 Å². The Hall–Kier alpha value is -0.271. The number of alkyl halides is 1. The minimum atomic E-state index is -0.794. The molecule has 0 unspecified atom stereocenters. The van der Waals surface area contributed by atoms with Crippen LogP contribution in [0, 0.1) is 44.5 Å². The van der Waals surface area contributed by atoms with Gasteiger partial charge in [-0.1, -0.05) is 41.6 Å². The first-order valence-corrected chi connectivity index (χ1v) is 22.1. The molecule has 2 radical (unpaired) electrons. The number of nitrogens with one attached hydrogen (secondary N) is 1. The van der Waals surface area contributed by atoms with E-state index < -0.39 is 32.9 Å². The smallest absolute Gasteiger partial charge is 0.304 e. The van der Waals surface area contributed by atoms with Gasteiger partial charge in [-0.2, -0.15) is 17.6 Å². The van der Waals surface area contributed by atoms with Gasteiger partial charge in [-0.15, -0.1) is 0 Å². The van der Waals surface area contributed by atoms with Crippen LogP contribution in [0.25, 0.3) is 0 Å². The van der Waals surface area contributed by atoms with Crippen molar-refractivity contribution in [3.63, 3.8) is 0 Å². The third kappa shape index (κ3) is 29.1. The van der Waals surface area contributed by atoms with Crippen LogP contribution >= 0.6 is 83.7 Å². The fraction of sp³-hybridized carbons (Fsp3) is 0.474. The van der Waals surface area contributed by atoms with Gasteiger partial charge in [0, 0.05) is 74.8 Å². The van der Waals surface area contributed by atoms with Gasteiger partial charge in [-0.25, -0.2) is 4.39 Å². The van der Waals surface area contributed by atoms with E-state index in [0.29, 0.717) is 17.4 Å². The fourth-order valence-electron chi connectivity index (χ4n) is 5.27. The summed E-state index contributed by atoms with van der Waals surface area (Å²) in [7, 11) is 1.00. The Labute approximate surface area is 416 Å². The molecule has 0 bridgehead atoms. The summed E-state index contributed by atoms with van der Waals surface area (Å²) in [6.45, 7) is 10.4. The van der Waals surface area contributed by atoms with Crippen molar-refractivity contribution < 1.29 is 65.2 Å². The van der Waals surface area contributed by atoms with Crippen molar-refractivity contribution in [1.29, 1.82) is 0 Å². The number of aliphatic hydroxyl groups is 1. The molecule has 3 fully saturated rings. The van der Waals surface area contributed by atoms with E-state index in [1.54, 1.807) is 12.1 Å². The Balaban J connectivity index is -0.000000322. The minimum Gasteiger partial charge on any atom is -0.400 e. The molecule has 3 aliphatic heterocycles. The van der Waals surface area contributed by atoms with E-state index in [1.807, 2.05) is 28.7 Å². The van der Waals surface area contributed by atoms with Crippen LogP contribution in [-0.2, 0) is 55.5 Å². The number of nitrogens with zero attached hydrogens (tertiary/aromatic N) is 4. The largest absolute Gasteiger partial charge is 0.400 e. The monoisotopic (exact) mass is 1290 g/mol. The van der Waals surface area contributed by atoms with Gasteiger partial charge in [-0.3, -0.25) is 35.0 Å². The van der Waals surface area contributed by atoms with Crippen LogP contribution in [0.3, 0.4) is 0 Å². The maximum absolute atomic E-state index is 13.3. The van der Waals surface area contributed by atoms with E-state index in [9.17, 15) is 33.4 Å². The second-order valence-corrected chi connectivity index (χ2v) is 17.8. The Kier molecular flexibility index (Phi) is 43.9. The van der Waals surface area contributed by atoms with Gasteiger partial charge in [0.2, 0.25) is 11.6 Å². The van der Waals surface area contributed by atoms with Crippen LogP contribution in [0.2, 0.25) is 0 Å². The average Bonchev–Trinajstić information content (AvgIpc) is 3.99. The zero-order valence-corrected chi connectivity index (χ0v) is 42.8. The van der Waals surface area contributed by atoms with Crippen molar-refractivity contribution in [2.45, 2.75) is 71.3 Å². The van der Waals surface area contributed by atoms with Gasteiger partial charge in [0.05, 0.1) is 15.5 Å². The molecule has 11 nitrogen and oxygen atoms in total. The molecular weight excluding hydrogens is 1240 g/mol. The standard InChI is InChI=1S/C11H13FN2O2.C11H15FN2.C7H5BrFNO2.C4H9N.C2H3I2.CH2I.CH4O.CH4.2V/c12-10-7-9(3-4-11(10)14(15)16)8-13-5-1-2-6-13;12-10-7-9(3-4-11(10)13)8-14-5-1-2-6-14;8-4-5-1-2-7(10(11)12)6(9)3-5;1-2-4-5-3-1;1-2(3)4;2*1-2;;;/h3-4,7H,1-2,5-6,8H2;3-4,7H,1-2,5-6,8,13H2;1-3H,4H2;5H,1-4H2;1H3;1H2;2H,1H3;1H4;;/q;;;;2*-1;;;;.